The van der Waals surface area contributed by atoms with Crippen molar-refractivity contribution in [3.05, 3.63) is 0 Å². The number of unbranched alkanes of at least 4 members (excludes halogenated alkanes) is 3. The molecule has 0 spiro atoms. The second kappa shape index (κ2) is 8.34. The second-order valence-corrected chi connectivity index (χ2v) is 4.80. The van der Waals surface area contributed by atoms with E-state index < -0.39 is 0 Å². The molecule has 4 nitrogen and oxygen atoms in total. The van der Waals surface area contributed by atoms with Crippen molar-refractivity contribution in [1.29, 1.82) is 0 Å². The minimum atomic E-state index is 0.0660. The Morgan fingerprint density at radius 2 is 2.00 bits per heavy atom. The van der Waals surface area contributed by atoms with Crippen molar-refractivity contribution in [2.75, 3.05) is 26.3 Å². The molecule has 1 saturated heterocycles. The molecule has 4 heteroatoms. The van der Waals surface area contributed by atoms with Crippen molar-refractivity contribution in [3.63, 3.8) is 0 Å². The zero-order valence-electron chi connectivity index (χ0n) is 11.2. The Morgan fingerprint density at radius 3 is 2.65 bits per heavy atom. The first kappa shape index (κ1) is 14.3. The summed E-state index contributed by atoms with van der Waals surface area (Å²) >= 11 is 0. The summed E-state index contributed by atoms with van der Waals surface area (Å²) in [6.45, 7) is 7.06. The molecule has 0 unspecified atom stereocenters. The van der Waals surface area contributed by atoms with Gasteiger partial charge >= 0.3 is 6.03 Å². The maximum Gasteiger partial charge on any atom is 0.317 e. The van der Waals surface area contributed by atoms with Crippen LogP contribution in [0.5, 0.6) is 0 Å². The van der Waals surface area contributed by atoms with Crippen molar-refractivity contribution in [2.24, 2.45) is 0 Å². The topological polar surface area (TPSA) is 41.6 Å². The van der Waals surface area contributed by atoms with Crippen LogP contribution in [0.1, 0.15) is 46.0 Å². The third-order valence-corrected chi connectivity index (χ3v) is 3.16. The van der Waals surface area contributed by atoms with Gasteiger partial charge in [0, 0.05) is 19.1 Å². The Bertz CT molecular complexity index is 215. The number of carbonyl (C=O) groups excluding carboxylic acids is 1. The number of carbonyl (C=O) groups is 1. The van der Waals surface area contributed by atoms with Crippen LogP contribution in [0.2, 0.25) is 0 Å². The highest BCUT2D eigenvalue weighted by molar-refractivity contribution is 5.74. The third kappa shape index (κ3) is 5.91. The summed E-state index contributed by atoms with van der Waals surface area (Å²) in [5, 5.41) is 3.06. The molecule has 0 radical (unpaired) electrons. The van der Waals surface area contributed by atoms with E-state index >= 15 is 0 Å². The van der Waals surface area contributed by atoms with Gasteiger partial charge in [0.15, 0.2) is 0 Å². The highest BCUT2D eigenvalue weighted by atomic mass is 16.5. The van der Waals surface area contributed by atoms with E-state index in [0.717, 1.165) is 6.42 Å². The van der Waals surface area contributed by atoms with Crippen molar-refractivity contribution >= 4 is 6.03 Å². The number of ether oxygens (including phenoxy) is 1. The molecule has 1 aliphatic rings. The monoisotopic (exact) mass is 242 g/mol. The van der Waals surface area contributed by atoms with E-state index in [1.165, 1.54) is 25.7 Å². The number of hydrogen-bond donors (Lipinski definition) is 1. The normalized spacial score (nSPS) is 17.9. The lowest BCUT2D eigenvalue weighted by molar-refractivity contribution is 0.0525. The zero-order valence-corrected chi connectivity index (χ0v) is 11.2. The fourth-order valence-electron chi connectivity index (χ4n) is 2.02. The standard InChI is InChI=1S/C13H26N2O2/c1-3-4-5-6-7-12(2)14-13(16)15-8-10-17-11-9-15/h12H,3-11H2,1-2H3,(H,14,16)/t12-/m0/s1. The molecule has 1 fully saturated rings. The minimum absolute atomic E-state index is 0.0660. The van der Waals surface area contributed by atoms with E-state index in [1.807, 2.05) is 4.90 Å². The maximum atomic E-state index is 11.9. The van der Waals surface area contributed by atoms with Gasteiger partial charge in [0.2, 0.25) is 0 Å². The molecule has 100 valence electrons. The van der Waals surface area contributed by atoms with Gasteiger partial charge < -0.3 is 15.0 Å². The van der Waals surface area contributed by atoms with Crippen LogP contribution in [0.3, 0.4) is 0 Å². The lowest BCUT2D eigenvalue weighted by Crippen LogP contribution is -2.48. The molecule has 2 amide bonds. The van der Waals surface area contributed by atoms with Gasteiger partial charge in [0.1, 0.15) is 0 Å². The van der Waals surface area contributed by atoms with Gasteiger partial charge in [-0.1, -0.05) is 32.6 Å². The molecule has 1 rings (SSSR count). The van der Waals surface area contributed by atoms with Crippen LogP contribution in [-0.4, -0.2) is 43.3 Å². The third-order valence-electron chi connectivity index (χ3n) is 3.16. The average Bonchev–Trinajstić information content (AvgIpc) is 2.36. The summed E-state index contributed by atoms with van der Waals surface area (Å²) in [5.74, 6) is 0. The quantitative estimate of drug-likeness (QED) is 0.727. The molecule has 0 aliphatic carbocycles. The van der Waals surface area contributed by atoms with Crippen molar-refractivity contribution < 1.29 is 9.53 Å². The number of morpholine rings is 1. The molecule has 1 atom stereocenters. The fraction of sp³-hybridized carbons (Fsp3) is 0.923. The molecule has 0 saturated carbocycles. The van der Waals surface area contributed by atoms with Gasteiger partial charge in [-0.15, -0.1) is 0 Å². The van der Waals surface area contributed by atoms with E-state index in [9.17, 15) is 4.79 Å². The first-order valence-electron chi connectivity index (χ1n) is 6.87. The highest BCUT2D eigenvalue weighted by Gasteiger charge is 2.17. The van der Waals surface area contributed by atoms with Gasteiger partial charge in [0.25, 0.3) is 0 Å². The molecule has 1 heterocycles. The fourth-order valence-corrected chi connectivity index (χ4v) is 2.02. The first-order valence-corrected chi connectivity index (χ1v) is 6.87. The van der Waals surface area contributed by atoms with E-state index in [0.29, 0.717) is 26.3 Å². The Hall–Kier alpha value is -0.770. The number of nitrogens with zero attached hydrogens (tertiary/aromatic N) is 1. The number of rotatable bonds is 6. The van der Waals surface area contributed by atoms with E-state index in [1.54, 1.807) is 0 Å². The van der Waals surface area contributed by atoms with Gasteiger partial charge in [-0.2, -0.15) is 0 Å². The Labute approximate surface area is 105 Å². The molecule has 17 heavy (non-hydrogen) atoms. The van der Waals surface area contributed by atoms with Gasteiger partial charge in [-0.3, -0.25) is 0 Å². The zero-order chi connectivity index (χ0) is 12.5. The smallest absolute Gasteiger partial charge is 0.317 e. The molecule has 0 aromatic heterocycles. The van der Waals surface area contributed by atoms with Crippen LogP contribution in [0.15, 0.2) is 0 Å². The largest absolute Gasteiger partial charge is 0.378 e. The van der Waals surface area contributed by atoms with Crippen LogP contribution >= 0.6 is 0 Å². The van der Waals surface area contributed by atoms with Crippen LogP contribution in [0.25, 0.3) is 0 Å². The summed E-state index contributed by atoms with van der Waals surface area (Å²) in [7, 11) is 0. The molecule has 0 bridgehead atoms. The van der Waals surface area contributed by atoms with Crippen LogP contribution in [0, 0.1) is 0 Å². The van der Waals surface area contributed by atoms with Gasteiger partial charge in [-0.25, -0.2) is 4.79 Å². The van der Waals surface area contributed by atoms with Crippen molar-refractivity contribution in [2.45, 2.75) is 52.0 Å². The molecule has 1 N–H and O–H groups in total. The molecule has 1 aliphatic heterocycles. The molecule has 0 aromatic rings. The Morgan fingerprint density at radius 1 is 1.29 bits per heavy atom. The van der Waals surface area contributed by atoms with Crippen LogP contribution < -0.4 is 5.32 Å². The first-order chi connectivity index (χ1) is 8.24. The predicted octanol–water partition coefficient (Wildman–Crippen LogP) is 2.39. The van der Waals surface area contributed by atoms with Crippen molar-refractivity contribution in [3.8, 4) is 0 Å². The Kier molecular flexibility index (Phi) is 7.01. The maximum absolute atomic E-state index is 11.9. The van der Waals surface area contributed by atoms with E-state index in [4.69, 9.17) is 4.74 Å². The number of hydrogen-bond acceptors (Lipinski definition) is 2. The lowest BCUT2D eigenvalue weighted by Gasteiger charge is -2.28. The second-order valence-electron chi connectivity index (χ2n) is 4.80. The summed E-state index contributed by atoms with van der Waals surface area (Å²) < 4.78 is 5.22. The minimum Gasteiger partial charge on any atom is -0.378 e. The van der Waals surface area contributed by atoms with Gasteiger partial charge in [-0.05, 0) is 13.3 Å². The highest BCUT2D eigenvalue weighted by Crippen LogP contribution is 2.06. The number of urea groups is 1. The van der Waals surface area contributed by atoms with Crippen LogP contribution in [-0.2, 0) is 4.74 Å². The Balaban J connectivity index is 2.11. The summed E-state index contributed by atoms with van der Waals surface area (Å²) in [4.78, 5) is 13.7. The number of nitrogens with one attached hydrogen (secondary N) is 1. The molecule has 0 aromatic carbocycles. The van der Waals surface area contributed by atoms with Crippen LogP contribution in [0.4, 0.5) is 4.79 Å². The summed E-state index contributed by atoms with van der Waals surface area (Å²) in [6, 6.07) is 0.346. The van der Waals surface area contributed by atoms with E-state index in [-0.39, 0.29) is 12.1 Å². The molecular formula is C13H26N2O2. The molecular weight excluding hydrogens is 216 g/mol. The van der Waals surface area contributed by atoms with Gasteiger partial charge in [0.05, 0.1) is 13.2 Å². The van der Waals surface area contributed by atoms with E-state index in [2.05, 4.69) is 19.2 Å². The predicted molar refractivity (Wildman–Crippen MR) is 69.1 cm³/mol. The SMILES string of the molecule is CCCCCC[C@H](C)NC(=O)N1CCOCC1. The summed E-state index contributed by atoms with van der Waals surface area (Å²) in [6.07, 6.45) is 6.11. The number of amides is 2. The van der Waals surface area contributed by atoms with Crippen molar-refractivity contribution in [1.82, 2.24) is 10.2 Å². The average molecular weight is 242 g/mol. The lowest BCUT2D eigenvalue weighted by atomic mass is 10.1. The summed E-state index contributed by atoms with van der Waals surface area (Å²) in [5.41, 5.74) is 0.